The summed E-state index contributed by atoms with van der Waals surface area (Å²) in [5.74, 6) is 3.09. The van der Waals surface area contributed by atoms with E-state index in [1.165, 1.54) is 0 Å². The van der Waals surface area contributed by atoms with E-state index in [9.17, 15) is 0 Å². The number of methoxy groups -OCH3 is 2. The summed E-state index contributed by atoms with van der Waals surface area (Å²) >= 11 is 0. The number of hydrogen-bond acceptors (Lipinski definition) is 3. The fourth-order valence-corrected chi connectivity index (χ4v) is 3.10. The van der Waals surface area contributed by atoms with Gasteiger partial charge in [-0.3, -0.25) is 0 Å². The van der Waals surface area contributed by atoms with E-state index in [1.54, 1.807) is 14.2 Å². The number of pyridine rings is 1. The van der Waals surface area contributed by atoms with Crippen molar-refractivity contribution in [1.29, 1.82) is 0 Å². The summed E-state index contributed by atoms with van der Waals surface area (Å²) in [4.78, 5) is 0. The highest BCUT2D eigenvalue weighted by atomic mass is 16.5. The molecule has 0 fully saturated rings. The van der Waals surface area contributed by atoms with Gasteiger partial charge in [0.05, 0.1) is 19.6 Å². The molecule has 2 heterocycles. The minimum absolute atomic E-state index is 0.197. The summed E-state index contributed by atoms with van der Waals surface area (Å²) in [5, 5.41) is 1.06. The molecule has 0 saturated carbocycles. The second-order valence-corrected chi connectivity index (χ2v) is 5.84. The van der Waals surface area contributed by atoms with Crippen molar-refractivity contribution < 1.29 is 18.8 Å². The van der Waals surface area contributed by atoms with Gasteiger partial charge in [0.15, 0.2) is 5.75 Å². The number of hydrogen-bond donors (Lipinski definition) is 0. The molecule has 3 rings (SSSR count). The van der Waals surface area contributed by atoms with Gasteiger partial charge in [-0.25, -0.2) is 0 Å². The number of nitrogens with zero attached hydrogens (tertiary/aromatic N) is 1. The first-order chi connectivity index (χ1) is 10.1. The van der Waals surface area contributed by atoms with Gasteiger partial charge in [0.25, 0.3) is 5.52 Å². The van der Waals surface area contributed by atoms with Crippen molar-refractivity contribution in [2.24, 2.45) is 13.0 Å². The van der Waals surface area contributed by atoms with Crippen LogP contribution in [0.15, 0.2) is 18.2 Å². The molecule has 0 amide bonds. The Hall–Kier alpha value is -1.97. The van der Waals surface area contributed by atoms with Crippen LogP contribution in [0.2, 0.25) is 0 Å². The van der Waals surface area contributed by atoms with Gasteiger partial charge in [-0.15, -0.1) is 0 Å². The third-order valence-electron chi connectivity index (χ3n) is 4.25. The second-order valence-electron chi connectivity index (χ2n) is 5.84. The normalized spacial score (nSPS) is 17.0. The molecule has 4 nitrogen and oxygen atoms in total. The summed E-state index contributed by atoms with van der Waals surface area (Å²) < 4.78 is 19.5. The maximum atomic E-state index is 6.18. The van der Waals surface area contributed by atoms with Crippen molar-refractivity contribution in [3.8, 4) is 17.4 Å². The number of ether oxygens (including phenoxy) is 3. The lowest BCUT2D eigenvalue weighted by Crippen LogP contribution is -2.33. The predicted molar refractivity (Wildman–Crippen MR) is 81.2 cm³/mol. The number of aryl methyl sites for hydroxylation is 1. The molecule has 1 aliphatic rings. The average molecular weight is 288 g/mol. The molecule has 0 radical (unpaired) electrons. The monoisotopic (exact) mass is 288 g/mol. The lowest BCUT2D eigenvalue weighted by molar-refractivity contribution is -0.651. The Morgan fingerprint density at radius 2 is 2.00 bits per heavy atom. The van der Waals surface area contributed by atoms with Gasteiger partial charge in [0.1, 0.15) is 24.5 Å². The van der Waals surface area contributed by atoms with Crippen molar-refractivity contribution in [2.45, 2.75) is 26.4 Å². The molecular weight excluding hydrogens is 266 g/mol. The van der Waals surface area contributed by atoms with Crippen LogP contribution in [0, 0.1) is 5.92 Å². The highest BCUT2D eigenvalue weighted by Gasteiger charge is 2.38. The molecule has 1 aromatic carbocycles. The molecule has 21 heavy (non-hydrogen) atoms. The van der Waals surface area contributed by atoms with Gasteiger partial charge >= 0.3 is 5.88 Å². The van der Waals surface area contributed by atoms with Gasteiger partial charge in [-0.2, -0.15) is 4.57 Å². The molecule has 0 spiro atoms. The van der Waals surface area contributed by atoms with Crippen molar-refractivity contribution in [1.82, 2.24) is 0 Å². The van der Waals surface area contributed by atoms with Gasteiger partial charge in [0, 0.05) is 6.42 Å². The van der Waals surface area contributed by atoms with Gasteiger partial charge in [-0.1, -0.05) is 19.9 Å². The molecule has 112 valence electrons. The Labute approximate surface area is 125 Å². The number of aromatic nitrogens is 1. The zero-order valence-electron chi connectivity index (χ0n) is 13.3. The van der Waals surface area contributed by atoms with E-state index in [1.807, 2.05) is 19.2 Å². The van der Waals surface area contributed by atoms with E-state index in [2.05, 4.69) is 24.5 Å². The van der Waals surface area contributed by atoms with Crippen LogP contribution < -0.4 is 18.8 Å². The third kappa shape index (κ3) is 2.01. The van der Waals surface area contributed by atoms with Crippen LogP contribution >= 0.6 is 0 Å². The molecule has 1 atom stereocenters. The minimum atomic E-state index is 0.197. The fraction of sp³-hybridized carbons (Fsp3) is 0.471. The highest BCUT2D eigenvalue weighted by Crippen LogP contribution is 2.41. The maximum absolute atomic E-state index is 6.18. The average Bonchev–Trinajstić information content (AvgIpc) is 2.92. The van der Waals surface area contributed by atoms with Crippen molar-refractivity contribution in [2.75, 3.05) is 14.2 Å². The fourth-order valence-electron chi connectivity index (χ4n) is 3.10. The van der Waals surface area contributed by atoms with Gasteiger partial charge in [-0.05, 0) is 18.1 Å². The number of para-hydroxylation sites is 1. The summed E-state index contributed by atoms with van der Waals surface area (Å²) in [6.07, 6.45) is 1.08. The number of fused-ring (bicyclic) bond motifs is 2. The Balaban J connectivity index is 2.32. The first-order valence-corrected chi connectivity index (χ1v) is 7.30. The van der Waals surface area contributed by atoms with E-state index >= 15 is 0 Å². The van der Waals surface area contributed by atoms with Crippen LogP contribution in [0.5, 0.6) is 17.4 Å². The quantitative estimate of drug-likeness (QED) is 0.814. The Morgan fingerprint density at radius 1 is 1.24 bits per heavy atom. The summed E-state index contributed by atoms with van der Waals surface area (Å²) in [5.41, 5.74) is 2.15. The van der Waals surface area contributed by atoms with E-state index < -0.39 is 0 Å². The Kier molecular flexibility index (Phi) is 3.40. The first-order valence-electron chi connectivity index (χ1n) is 7.30. The van der Waals surface area contributed by atoms with Crippen LogP contribution in [-0.4, -0.2) is 20.3 Å². The van der Waals surface area contributed by atoms with E-state index in [4.69, 9.17) is 14.2 Å². The number of benzene rings is 1. The molecule has 1 aliphatic heterocycles. The van der Waals surface area contributed by atoms with E-state index in [-0.39, 0.29) is 6.10 Å². The smallest absolute Gasteiger partial charge is 0.375 e. The molecule has 0 unspecified atom stereocenters. The minimum Gasteiger partial charge on any atom is -0.495 e. The van der Waals surface area contributed by atoms with Gasteiger partial charge < -0.3 is 14.2 Å². The summed E-state index contributed by atoms with van der Waals surface area (Å²) in [7, 11) is 5.43. The molecule has 2 aromatic rings. The largest absolute Gasteiger partial charge is 0.495 e. The molecule has 0 saturated heterocycles. The van der Waals surface area contributed by atoms with Crippen molar-refractivity contribution in [3.63, 3.8) is 0 Å². The molecule has 0 N–H and O–H groups in total. The second kappa shape index (κ2) is 5.10. The lowest BCUT2D eigenvalue weighted by Gasteiger charge is -2.12. The predicted octanol–water partition coefficient (Wildman–Crippen LogP) is 2.64. The molecule has 0 aliphatic carbocycles. The van der Waals surface area contributed by atoms with Crippen LogP contribution in [0.3, 0.4) is 0 Å². The third-order valence-corrected chi connectivity index (χ3v) is 4.25. The van der Waals surface area contributed by atoms with Crippen molar-refractivity contribution >= 4 is 10.9 Å². The highest BCUT2D eigenvalue weighted by molar-refractivity contribution is 5.89. The van der Waals surface area contributed by atoms with Gasteiger partial charge in [0.2, 0.25) is 0 Å². The Bertz CT molecular complexity index is 694. The van der Waals surface area contributed by atoms with Crippen LogP contribution in [0.25, 0.3) is 10.9 Å². The van der Waals surface area contributed by atoms with Crippen LogP contribution in [0.1, 0.15) is 19.4 Å². The molecular formula is C17H22NO3+. The molecule has 0 bridgehead atoms. The Morgan fingerprint density at radius 3 is 2.62 bits per heavy atom. The standard InChI is InChI=1S/C17H22NO3/c1-10(2)14-9-12-16(20-5)11-7-6-8-13(19-4)15(11)18(3)17(12)21-14/h6-8,10,14H,9H2,1-5H3/q+1/t14-/m1/s1. The van der Waals surface area contributed by atoms with Crippen molar-refractivity contribution in [3.05, 3.63) is 23.8 Å². The maximum Gasteiger partial charge on any atom is 0.375 e. The van der Waals surface area contributed by atoms with E-state index in [0.717, 1.165) is 40.3 Å². The summed E-state index contributed by atoms with van der Waals surface area (Å²) in [6, 6.07) is 6.02. The SMILES string of the molecule is COc1c2c([n+](C)c3c(OC)cccc13)O[C@@H](C(C)C)C2. The molecule has 1 aromatic heterocycles. The zero-order chi connectivity index (χ0) is 15.1. The van der Waals surface area contributed by atoms with Crippen LogP contribution in [0.4, 0.5) is 0 Å². The van der Waals surface area contributed by atoms with E-state index in [0.29, 0.717) is 5.92 Å². The molecule has 4 heteroatoms. The topological polar surface area (TPSA) is 31.6 Å². The van der Waals surface area contributed by atoms with Crippen LogP contribution in [-0.2, 0) is 13.5 Å². The number of rotatable bonds is 3. The first kappa shape index (κ1) is 14.0. The lowest BCUT2D eigenvalue weighted by atomic mass is 10.0. The zero-order valence-corrected chi connectivity index (χ0v) is 13.3. The summed E-state index contributed by atoms with van der Waals surface area (Å²) in [6.45, 7) is 4.37.